The molecule has 0 aromatic heterocycles. The molecule has 5 heteroatoms. The molecule has 4 rings (SSSR count). The van der Waals surface area contributed by atoms with Crippen LogP contribution in [0.1, 0.15) is 50.6 Å². The molecule has 1 unspecified atom stereocenters. The van der Waals surface area contributed by atoms with E-state index in [1.54, 1.807) is 6.92 Å². The Morgan fingerprint density at radius 1 is 1.15 bits per heavy atom. The summed E-state index contributed by atoms with van der Waals surface area (Å²) in [4.78, 5) is 15.9. The standard InChI is InChI=1S/C21H31N3O2/c1-16(25)24-11-7-17(8-12-24)22-19-15-21(9-13-23(2)14-10-21)26-20-6-4-3-5-18(19)20/h3-6,17,19,22H,7-15H2,1-2H3. The molecule has 1 aromatic rings. The molecule has 0 radical (unpaired) electrons. The summed E-state index contributed by atoms with van der Waals surface area (Å²) < 4.78 is 6.56. The Labute approximate surface area is 156 Å². The topological polar surface area (TPSA) is 44.8 Å². The Balaban J connectivity index is 1.48. The van der Waals surface area contributed by atoms with Gasteiger partial charge in [-0.25, -0.2) is 0 Å². The number of benzene rings is 1. The van der Waals surface area contributed by atoms with Crippen molar-refractivity contribution < 1.29 is 9.53 Å². The number of carbonyl (C=O) groups excluding carboxylic acids is 1. The van der Waals surface area contributed by atoms with Gasteiger partial charge in [0.2, 0.25) is 5.91 Å². The lowest BCUT2D eigenvalue weighted by molar-refractivity contribution is -0.129. The highest BCUT2D eigenvalue weighted by Crippen LogP contribution is 2.44. The number of fused-ring (bicyclic) bond motifs is 1. The van der Waals surface area contributed by atoms with E-state index >= 15 is 0 Å². The first-order chi connectivity index (χ1) is 12.5. The maximum atomic E-state index is 11.6. The second-order valence-corrected chi connectivity index (χ2v) is 8.33. The van der Waals surface area contributed by atoms with Crippen molar-refractivity contribution in [1.29, 1.82) is 0 Å². The Kier molecular flexibility index (Phi) is 4.93. The zero-order valence-electron chi connectivity index (χ0n) is 16.0. The molecule has 1 spiro atoms. The van der Waals surface area contributed by atoms with Gasteiger partial charge in [-0.2, -0.15) is 0 Å². The third kappa shape index (κ3) is 3.60. The summed E-state index contributed by atoms with van der Waals surface area (Å²) in [6.07, 6.45) is 5.31. The summed E-state index contributed by atoms with van der Waals surface area (Å²) >= 11 is 0. The summed E-state index contributed by atoms with van der Waals surface area (Å²) in [6.45, 7) is 5.62. The molecular weight excluding hydrogens is 326 g/mol. The SMILES string of the molecule is CC(=O)N1CCC(NC2CC3(CCN(C)CC3)Oc3ccccc32)CC1. The number of nitrogens with one attached hydrogen (secondary N) is 1. The second-order valence-electron chi connectivity index (χ2n) is 8.33. The molecule has 1 N–H and O–H groups in total. The Morgan fingerprint density at radius 2 is 1.85 bits per heavy atom. The summed E-state index contributed by atoms with van der Waals surface area (Å²) in [5.74, 6) is 1.26. The first kappa shape index (κ1) is 17.8. The number of para-hydroxylation sites is 1. The van der Waals surface area contributed by atoms with Crippen LogP contribution in [0.2, 0.25) is 0 Å². The lowest BCUT2D eigenvalue weighted by Gasteiger charge is -2.47. The molecule has 26 heavy (non-hydrogen) atoms. The zero-order valence-corrected chi connectivity index (χ0v) is 16.0. The van der Waals surface area contributed by atoms with Gasteiger partial charge in [0, 0.05) is 57.2 Å². The van der Waals surface area contributed by atoms with Crippen LogP contribution in [0, 0.1) is 0 Å². The normalized spacial score (nSPS) is 26.4. The van der Waals surface area contributed by atoms with Crippen LogP contribution in [-0.2, 0) is 4.79 Å². The summed E-state index contributed by atoms with van der Waals surface area (Å²) in [5.41, 5.74) is 1.27. The molecule has 0 bridgehead atoms. The highest BCUT2D eigenvalue weighted by Gasteiger charge is 2.43. The number of carbonyl (C=O) groups is 1. The smallest absolute Gasteiger partial charge is 0.219 e. The van der Waals surface area contributed by atoms with E-state index in [9.17, 15) is 4.79 Å². The predicted octanol–water partition coefficient (Wildman–Crippen LogP) is 2.58. The van der Waals surface area contributed by atoms with Crippen LogP contribution in [0.25, 0.3) is 0 Å². The molecule has 2 saturated heterocycles. The number of nitrogens with zero attached hydrogens (tertiary/aromatic N) is 2. The molecule has 1 atom stereocenters. The molecule has 142 valence electrons. The number of likely N-dealkylation sites (tertiary alicyclic amines) is 2. The number of hydrogen-bond donors (Lipinski definition) is 1. The lowest BCUT2D eigenvalue weighted by atomic mass is 9.80. The van der Waals surface area contributed by atoms with E-state index in [-0.39, 0.29) is 11.5 Å². The zero-order chi connectivity index (χ0) is 18.1. The fraction of sp³-hybridized carbons (Fsp3) is 0.667. The van der Waals surface area contributed by atoms with E-state index in [2.05, 4.69) is 41.5 Å². The van der Waals surface area contributed by atoms with Gasteiger partial charge in [-0.15, -0.1) is 0 Å². The van der Waals surface area contributed by atoms with Crippen molar-refractivity contribution in [3.8, 4) is 5.75 Å². The van der Waals surface area contributed by atoms with Gasteiger partial charge in [-0.05, 0) is 38.8 Å². The number of ether oxygens (including phenoxy) is 1. The largest absolute Gasteiger partial charge is 0.487 e. The van der Waals surface area contributed by atoms with Gasteiger partial charge in [-0.1, -0.05) is 18.2 Å². The van der Waals surface area contributed by atoms with Crippen LogP contribution in [-0.4, -0.2) is 60.6 Å². The van der Waals surface area contributed by atoms with Crippen molar-refractivity contribution in [2.45, 2.75) is 56.7 Å². The van der Waals surface area contributed by atoms with E-state index in [1.807, 2.05) is 4.90 Å². The number of hydrogen-bond acceptors (Lipinski definition) is 4. The number of rotatable bonds is 2. The van der Waals surface area contributed by atoms with Crippen LogP contribution >= 0.6 is 0 Å². The van der Waals surface area contributed by atoms with Crippen LogP contribution in [0.4, 0.5) is 0 Å². The van der Waals surface area contributed by atoms with Crippen LogP contribution in [0.3, 0.4) is 0 Å². The van der Waals surface area contributed by atoms with Crippen molar-refractivity contribution in [3.05, 3.63) is 29.8 Å². The predicted molar refractivity (Wildman–Crippen MR) is 102 cm³/mol. The Morgan fingerprint density at radius 3 is 2.54 bits per heavy atom. The third-order valence-corrected chi connectivity index (χ3v) is 6.47. The van der Waals surface area contributed by atoms with Gasteiger partial charge < -0.3 is 19.9 Å². The van der Waals surface area contributed by atoms with Crippen molar-refractivity contribution in [1.82, 2.24) is 15.1 Å². The molecule has 0 aliphatic carbocycles. The van der Waals surface area contributed by atoms with Crippen molar-refractivity contribution in [3.63, 3.8) is 0 Å². The molecule has 3 heterocycles. The van der Waals surface area contributed by atoms with Crippen LogP contribution in [0.15, 0.2) is 24.3 Å². The van der Waals surface area contributed by atoms with Gasteiger partial charge in [0.1, 0.15) is 11.4 Å². The van der Waals surface area contributed by atoms with Crippen molar-refractivity contribution in [2.75, 3.05) is 33.2 Å². The highest BCUT2D eigenvalue weighted by molar-refractivity contribution is 5.73. The van der Waals surface area contributed by atoms with E-state index in [1.165, 1.54) is 5.56 Å². The molecule has 5 nitrogen and oxygen atoms in total. The van der Waals surface area contributed by atoms with Crippen molar-refractivity contribution >= 4 is 5.91 Å². The van der Waals surface area contributed by atoms with Gasteiger partial charge in [0.15, 0.2) is 0 Å². The summed E-state index contributed by atoms with van der Waals surface area (Å²) in [6, 6.07) is 9.35. The molecule has 1 aromatic carbocycles. The van der Waals surface area contributed by atoms with Crippen LogP contribution < -0.4 is 10.1 Å². The fourth-order valence-electron chi connectivity index (χ4n) is 4.74. The van der Waals surface area contributed by atoms with Gasteiger partial charge in [0.05, 0.1) is 0 Å². The van der Waals surface area contributed by atoms with Gasteiger partial charge >= 0.3 is 0 Å². The van der Waals surface area contributed by atoms with E-state index < -0.39 is 0 Å². The fourth-order valence-corrected chi connectivity index (χ4v) is 4.74. The minimum absolute atomic E-state index is 0.0292. The quantitative estimate of drug-likeness (QED) is 0.884. The summed E-state index contributed by atoms with van der Waals surface area (Å²) in [7, 11) is 2.20. The van der Waals surface area contributed by atoms with Gasteiger partial charge in [-0.3, -0.25) is 4.79 Å². The maximum absolute atomic E-state index is 11.6. The Bertz CT molecular complexity index is 646. The maximum Gasteiger partial charge on any atom is 0.219 e. The van der Waals surface area contributed by atoms with Gasteiger partial charge in [0.25, 0.3) is 0 Å². The van der Waals surface area contributed by atoms with Crippen LogP contribution in [0.5, 0.6) is 5.75 Å². The average molecular weight is 357 g/mol. The first-order valence-electron chi connectivity index (χ1n) is 10.0. The first-order valence-corrected chi connectivity index (χ1v) is 10.0. The van der Waals surface area contributed by atoms with Crippen molar-refractivity contribution in [2.24, 2.45) is 0 Å². The number of piperidine rings is 2. The molecule has 0 saturated carbocycles. The molecule has 1 amide bonds. The minimum atomic E-state index is -0.0292. The lowest BCUT2D eigenvalue weighted by Crippen LogP contribution is -2.53. The molecule has 3 aliphatic heterocycles. The minimum Gasteiger partial charge on any atom is -0.487 e. The summed E-state index contributed by atoms with van der Waals surface area (Å²) in [5, 5.41) is 3.92. The monoisotopic (exact) mass is 357 g/mol. The molecule has 2 fully saturated rings. The Hall–Kier alpha value is -1.59. The van der Waals surface area contributed by atoms with E-state index in [0.717, 1.165) is 64.0 Å². The molecular formula is C21H31N3O2. The third-order valence-electron chi connectivity index (χ3n) is 6.47. The molecule has 3 aliphatic rings. The van der Waals surface area contributed by atoms with E-state index in [4.69, 9.17) is 4.74 Å². The average Bonchev–Trinajstić information content (AvgIpc) is 2.65. The second kappa shape index (κ2) is 7.20. The van der Waals surface area contributed by atoms with E-state index in [0.29, 0.717) is 12.1 Å². The highest BCUT2D eigenvalue weighted by atomic mass is 16.5. The number of amides is 1.